The van der Waals surface area contributed by atoms with E-state index in [-0.39, 0.29) is 98.6 Å². The van der Waals surface area contributed by atoms with Crippen molar-refractivity contribution in [3.63, 3.8) is 0 Å². The zero-order valence-electron chi connectivity index (χ0n) is 40.9. The number of aliphatic hydroxyl groups is 1. The van der Waals surface area contributed by atoms with Crippen LogP contribution in [-0.2, 0) is 62.6 Å². The van der Waals surface area contributed by atoms with E-state index in [1.54, 1.807) is 9.80 Å². The summed E-state index contributed by atoms with van der Waals surface area (Å²) in [5.74, 6) is -1.09. The quantitative estimate of drug-likeness (QED) is 0.0671. The number of nitrogens with zero attached hydrogens (tertiary/aromatic N) is 3. The largest absolute Gasteiger partial charge is 0.469 e. The fraction of sp³-hybridized carbons (Fsp3) is 0.538. The number of ether oxygens (including phenoxy) is 6. The normalized spacial score (nSPS) is 21.8. The molecule has 1 N–H and O–H groups in total. The second-order valence-corrected chi connectivity index (χ2v) is 18.8. The predicted octanol–water partition coefficient (Wildman–Crippen LogP) is 7.88. The number of halogens is 1. The van der Waals surface area contributed by atoms with Crippen LogP contribution in [0.5, 0.6) is 0 Å². The van der Waals surface area contributed by atoms with Crippen LogP contribution in [0.25, 0.3) is 0 Å². The summed E-state index contributed by atoms with van der Waals surface area (Å²) in [7, 11) is 4.12. The zero-order valence-corrected chi connectivity index (χ0v) is 43.1. The van der Waals surface area contributed by atoms with Crippen molar-refractivity contribution in [2.24, 2.45) is 53.3 Å². The number of rotatable bonds is 15. The van der Waals surface area contributed by atoms with Crippen LogP contribution < -0.4 is 0 Å². The maximum absolute atomic E-state index is 12.3. The van der Waals surface area contributed by atoms with Gasteiger partial charge in [-0.25, -0.2) is 14.4 Å². The second-order valence-electron chi connectivity index (χ2n) is 17.9. The van der Waals surface area contributed by atoms with E-state index >= 15 is 0 Å². The molecule has 0 aromatic heterocycles. The van der Waals surface area contributed by atoms with Crippen molar-refractivity contribution in [2.75, 3.05) is 71.6 Å². The van der Waals surface area contributed by atoms with Gasteiger partial charge in [0.25, 0.3) is 0 Å². The number of methoxy groups -OCH3 is 3. The minimum atomic E-state index is -0.449. The molecule has 3 aliphatic heterocycles. The molecule has 3 saturated heterocycles. The van der Waals surface area contributed by atoms with E-state index in [9.17, 15) is 33.9 Å². The highest BCUT2D eigenvalue weighted by molar-refractivity contribution is 14.1. The van der Waals surface area contributed by atoms with Crippen molar-refractivity contribution in [3.05, 3.63) is 108 Å². The Bertz CT molecular complexity index is 1830. The van der Waals surface area contributed by atoms with Gasteiger partial charge in [-0.1, -0.05) is 148 Å². The molecule has 6 rings (SSSR count). The summed E-state index contributed by atoms with van der Waals surface area (Å²) < 4.78 is 31.6. The average Bonchev–Trinajstić information content (AvgIpc) is 4.18. The number of amides is 3. The lowest BCUT2D eigenvalue weighted by Crippen LogP contribution is -2.30. The Labute approximate surface area is 420 Å². The monoisotopic (exact) mass is 1070 g/mol. The molecule has 3 amide bonds. The summed E-state index contributed by atoms with van der Waals surface area (Å²) in [6.07, 6.45) is -0.222. The van der Waals surface area contributed by atoms with Crippen LogP contribution in [0.2, 0.25) is 0 Å². The Morgan fingerprint density at radius 3 is 1.06 bits per heavy atom. The van der Waals surface area contributed by atoms with Gasteiger partial charge in [-0.05, 0) is 52.2 Å². The van der Waals surface area contributed by atoms with Crippen LogP contribution in [0.4, 0.5) is 14.4 Å². The summed E-state index contributed by atoms with van der Waals surface area (Å²) >= 11 is 2.31. The molecular formula is C52H70IN3O13. The van der Waals surface area contributed by atoms with Crippen molar-refractivity contribution in [3.8, 4) is 0 Å². The molecule has 378 valence electrons. The van der Waals surface area contributed by atoms with E-state index < -0.39 is 12.0 Å². The Hall–Kier alpha value is -5.43. The first-order valence-electron chi connectivity index (χ1n) is 23.5. The van der Waals surface area contributed by atoms with Crippen LogP contribution in [0.15, 0.2) is 91.0 Å². The number of likely N-dealkylation sites (tertiary alicyclic amines) is 3. The van der Waals surface area contributed by atoms with Crippen molar-refractivity contribution < 1.29 is 62.3 Å². The Kier molecular flexibility index (Phi) is 23.5. The number of esters is 3. The van der Waals surface area contributed by atoms with Crippen molar-refractivity contribution in [1.29, 1.82) is 0 Å². The highest BCUT2D eigenvalue weighted by Crippen LogP contribution is 2.34. The first-order chi connectivity index (χ1) is 33.2. The van der Waals surface area contributed by atoms with Gasteiger partial charge in [0, 0.05) is 50.3 Å². The summed E-state index contributed by atoms with van der Waals surface area (Å²) in [5, 5.41) is 9.36. The number of hydrogen-bond donors (Lipinski definition) is 1. The van der Waals surface area contributed by atoms with Crippen molar-refractivity contribution >= 4 is 58.8 Å². The molecule has 3 heterocycles. The summed E-state index contributed by atoms with van der Waals surface area (Å²) in [6.45, 7) is 11.3. The molecule has 9 atom stereocenters. The first kappa shape index (κ1) is 56.2. The molecule has 0 spiro atoms. The number of hydrogen-bond acceptors (Lipinski definition) is 13. The summed E-state index contributed by atoms with van der Waals surface area (Å²) in [4.78, 5) is 77.4. The maximum Gasteiger partial charge on any atom is 0.410 e. The van der Waals surface area contributed by atoms with Gasteiger partial charge in [0.1, 0.15) is 19.8 Å². The maximum atomic E-state index is 12.3. The molecular weight excluding hydrogens is 1000 g/mol. The van der Waals surface area contributed by atoms with Gasteiger partial charge in [0.15, 0.2) is 0 Å². The number of alkyl halides is 1. The topological polar surface area (TPSA) is 188 Å². The second kappa shape index (κ2) is 28.9. The smallest absolute Gasteiger partial charge is 0.410 e. The first-order valence-corrected chi connectivity index (χ1v) is 25.0. The highest BCUT2D eigenvalue weighted by Gasteiger charge is 2.45. The minimum absolute atomic E-state index is 0.0366. The van der Waals surface area contributed by atoms with E-state index in [1.165, 1.54) is 26.2 Å². The number of benzene rings is 3. The molecule has 0 radical (unpaired) electrons. The van der Waals surface area contributed by atoms with Gasteiger partial charge in [-0.15, -0.1) is 0 Å². The molecule has 3 aromatic rings. The standard InChI is InChI=1S/C18H25NO4.C17H22INO4.C17H23NO5/c1-4-13(2)15-10-19(11-16(15)17(20)22-3)18(21)23-12-14-8-6-5-7-9-14;1-12(8-18)14-9-19(10-15(14)16(20)22-2)17(21)23-11-13-6-4-3-5-7-13;1-12(10-19)14-8-18(9-15(14)16(20)22-2)17(21)23-11-13-6-4-3-5-7-13/h5-9,13,15-16H,4,10-12H2,1-3H3;3-7,12,14-15H,8-11H2,1-2H3;3-7,12,14-15,19H,8-11H2,1-2H3/t13-,15?,16?;2*12-,14?,15?/m000/s1. The van der Waals surface area contributed by atoms with Gasteiger partial charge in [0.05, 0.1) is 39.1 Å². The molecule has 16 nitrogen and oxygen atoms in total. The van der Waals surface area contributed by atoms with E-state index in [4.69, 9.17) is 28.4 Å². The van der Waals surface area contributed by atoms with E-state index in [2.05, 4.69) is 43.4 Å². The summed E-state index contributed by atoms with van der Waals surface area (Å²) in [6, 6.07) is 28.5. The van der Waals surface area contributed by atoms with Gasteiger partial charge >= 0.3 is 36.2 Å². The molecule has 0 saturated carbocycles. The van der Waals surface area contributed by atoms with E-state index in [0.29, 0.717) is 44.6 Å². The molecule has 3 aliphatic rings. The van der Waals surface area contributed by atoms with Crippen LogP contribution >= 0.6 is 22.6 Å². The number of aliphatic hydroxyl groups excluding tert-OH is 1. The van der Waals surface area contributed by atoms with Crippen LogP contribution in [0.1, 0.15) is 50.8 Å². The lowest BCUT2D eigenvalue weighted by atomic mass is 9.84. The van der Waals surface area contributed by atoms with Crippen LogP contribution in [0.3, 0.4) is 0 Å². The Morgan fingerprint density at radius 1 is 0.507 bits per heavy atom. The molecule has 3 fully saturated rings. The zero-order chi connectivity index (χ0) is 50.5. The Balaban J connectivity index is 0.000000225. The molecule has 0 aliphatic carbocycles. The third kappa shape index (κ3) is 16.6. The lowest BCUT2D eigenvalue weighted by Gasteiger charge is -2.21. The molecule has 6 unspecified atom stereocenters. The van der Waals surface area contributed by atoms with Crippen molar-refractivity contribution in [2.45, 2.75) is 53.9 Å². The third-order valence-corrected chi connectivity index (χ3v) is 14.8. The van der Waals surface area contributed by atoms with E-state index in [1.807, 2.05) is 97.9 Å². The van der Waals surface area contributed by atoms with Gasteiger partial charge < -0.3 is 48.2 Å². The van der Waals surface area contributed by atoms with Gasteiger partial charge in [0.2, 0.25) is 0 Å². The predicted molar refractivity (Wildman–Crippen MR) is 265 cm³/mol. The fourth-order valence-electron chi connectivity index (χ4n) is 8.85. The SMILES string of the molecule is CC[C@H](C)C1CN(C(=O)OCc2ccccc2)CC1C(=O)OC.COC(=O)C1CN(C(=O)OCc2ccccc2)CC1[C@@H](C)CI.COC(=O)C1CN(C(=O)OCc2ccccc2)CC1[C@@H](C)CO. The number of carbonyl (C=O) groups is 6. The van der Waals surface area contributed by atoms with Gasteiger partial charge in [-0.2, -0.15) is 0 Å². The summed E-state index contributed by atoms with van der Waals surface area (Å²) in [5.41, 5.74) is 2.80. The van der Waals surface area contributed by atoms with Gasteiger partial charge in [-0.3, -0.25) is 14.4 Å². The lowest BCUT2D eigenvalue weighted by molar-refractivity contribution is -0.147. The highest BCUT2D eigenvalue weighted by atomic mass is 127. The average molecular weight is 1070 g/mol. The van der Waals surface area contributed by atoms with E-state index in [0.717, 1.165) is 27.5 Å². The third-order valence-electron chi connectivity index (χ3n) is 13.4. The fourth-order valence-corrected chi connectivity index (χ4v) is 9.50. The Morgan fingerprint density at radius 2 is 0.797 bits per heavy atom. The molecule has 17 heteroatoms. The van der Waals surface area contributed by atoms with Crippen LogP contribution in [-0.4, -0.2) is 128 Å². The molecule has 0 bridgehead atoms. The minimum Gasteiger partial charge on any atom is -0.469 e. The van der Waals surface area contributed by atoms with Crippen LogP contribution in [0, 0.1) is 53.3 Å². The molecule has 3 aromatic carbocycles. The number of carbonyl (C=O) groups excluding carboxylic acids is 6. The van der Waals surface area contributed by atoms with Crippen molar-refractivity contribution in [1.82, 2.24) is 14.7 Å². The molecule has 69 heavy (non-hydrogen) atoms.